The predicted octanol–water partition coefficient (Wildman–Crippen LogP) is 2.39. The quantitative estimate of drug-likeness (QED) is 0.943. The number of nitrogens with zero attached hydrogens (tertiary/aromatic N) is 3. The van der Waals surface area contributed by atoms with Gasteiger partial charge in [-0.05, 0) is 37.3 Å². The largest absolute Gasteiger partial charge is 0.362 e. The first-order chi connectivity index (χ1) is 9.74. The number of aromatic nitrogens is 2. The third kappa shape index (κ3) is 2.40. The second-order valence-corrected chi connectivity index (χ2v) is 5.82. The minimum atomic E-state index is -0.343. The van der Waals surface area contributed by atoms with Crippen LogP contribution in [0.15, 0.2) is 28.8 Å². The number of para-hydroxylation sites is 1. The normalized spacial score (nSPS) is 18.8. The maximum Gasteiger partial charge on any atom is 0.246 e. The van der Waals surface area contributed by atoms with Gasteiger partial charge in [0, 0.05) is 12.2 Å². The minimum Gasteiger partial charge on any atom is -0.362 e. The molecule has 1 aromatic carbocycles. The molecular formula is C15H19ClN4O. The molecule has 1 aliphatic carbocycles. The van der Waals surface area contributed by atoms with Crippen molar-refractivity contribution in [3.8, 4) is 0 Å². The van der Waals surface area contributed by atoms with Gasteiger partial charge >= 0.3 is 0 Å². The van der Waals surface area contributed by atoms with Crippen LogP contribution < -0.4 is 10.6 Å². The van der Waals surface area contributed by atoms with Gasteiger partial charge in [-0.3, -0.25) is 0 Å². The first-order valence-corrected chi connectivity index (χ1v) is 7.19. The molecule has 0 spiro atoms. The SMILES string of the molecule is Cl.NC1(c2noc(CN3CCc4ccccc43)n2)CCC1. The molecule has 0 unspecified atom stereocenters. The topological polar surface area (TPSA) is 68.2 Å². The highest BCUT2D eigenvalue weighted by Gasteiger charge is 2.39. The Hall–Kier alpha value is -1.59. The molecule has 5 nitrogen and oxygen atoms in total. The number of halogens is 1. The third-order valence-corrected chi connectivity index (χ3v) is 4.47. The Bertz CT molecular complexity index is 638. The molecule has 2 aromatic rings. The first-order valence-electron chi connectivity index (χ1n) is 7.19. The number of hydrogen-bond acceptors (Lipinski definition) is 5. The lowest BCUT2D eigenvalue weighted by molar-refractivity contribution is 0.229. The molecule has 112 valence electrons. The zero-order valence-corrected chi connectivity index (χ0v) is 12.6. The van der Waals surface area contributed by atoms with E-state index < -0.39 is 0 Å². The molecule has 6 heteroatoms. The summed E-state index contributed by atoms with van der Waals surface area (Å²) in [5.74, 6) is 1.33. The monoisotopic (exact) mass is 306 g/mol. The van der Waals surface area contributed by atoms with Crippen molar-refractivity contribution in [1.82, 2.24) is 10.1 Å². The van der Waals surface area contributed by atoms with Gasteiger partial charge in [-0.25, -0.2) is 0 Å². The standard InChI is InChI=1S/C15H18N4O.ClH/c16-15(7-3-8-15)14-17-13(20-18-14)10-19-9-6-11-4-1-2-5-12(11)19;/h1-2,4-5H,3,6-10,16H2;1H. The summed E-state index contributed by atoms with van der Waals surface area (Å²) in [6.07, 6.45) is 4.15. The smallest absolute Gasteiger partial charge is 0.246 e. The van der Waals surface area contributed by atoms with Crippen molar-refractivity contribution in [2.45, 2.75) is 37.8 Å². The van der Waals surface area contributed by atoms with Crippen molar-refractivity contribution in [2.24, 2.45) is 5.73 Å². The molecule has 21 heavy (non-hydrogen) atoms. The van der Waals surface area contributed by atoms with Crippen LogP contribution in [0.3, 0.4) is 0 Å². The van der Waals surface area contributed by atoms with Crippen LogP contribution in [0.1, 0.15) is 36.5 Å². The van der Waals surface area contributed by atoms with Gasteiger partial charge in [-0.15, -0.1) is 12.4 Å². The van der Waals surface area contributed by atoms with E-state index in [1.54, 1.807) is 0 Å². The van der Waals surface area contributed by atoms with Gasteiger partial charge < -0.3 is 15.2 Å². The fourth-order valence-electron chi connectivity index (χ4n) is 3.04. The van der Waals surface area contributed by atoms with E-state index in [0.717, 1.165) is 32.2 Å². The Morgan fingerprint density at radius 2 is 2.10 bits per heavy atom. The second-order valence-electron chi connectivity index (χ2n) is 5.82. The summed E-state index contributed by atoms with van der Waals surface area (Å²) in [5.41, 5.74) is 8.55. The molecule has 0 atom stereocenters. The molecule has 0 bridgehead atoms. The summed E-state index contributed by atoms with van der Waals surface area (Å²) >= 11 is 0. The van der Waals surface area contributed by atoms with E-state index in [4.69, 9.17) is 10.3 Å². The number of rotatable bonds is 3. The van der Waals surface area contributed by atoms with Gasteiger partial charge in [-0.2, -0.15) is 4.98 Å². The number of hydrogen-bond donors (Lipinski definition) is 1. The summed E-state index contributed by atoms with van der Waals surface area (Å²) in [7, 11) is 0. The van der Waals surface area contributed by atoms with Crippen LogP contribution >= 0.6 is 12.4 Å². The van der Waals surface area contributed by atoms with Gasteiger partial charge in [0.05, 0.1) is 12.1 Å². The molecule has 1 aromatic heterocycles. The Morgan fingerprint density at radius 1 is 1.29 bits per heavy atom. The van der Waals surface area contributed by atoms with Crippen LogP contribution in [0.2, 0.25) is 0 Å². The molecule has 0 amide bonds. The number of fused-ring (bicyclic) bond motifs is 1. The van der Waals surface area contributed by atoms with Crippen LogP contribution in [-0.4, -0.2) is 16.7 Å². The van der Waals surface area contributed by atoms with Crippen molar-refractivity contribution in [3.63, 3.8) is 0 Å². The zero-order chi connectivity index (χ0) is 13.6. The van der Waals surface area contributed by atoms with Crippen LogP contribution in [0.25, 0.3) is 0 Å². The van der Waals surface area contributed by atoms with Crippen LogP contribution in [0.5, 0.6) is 0 Å². The third-order valence-electron chi connectivity index (χ3n) is 4.47. The van der Waals surface area contributed by atoms with Gasteiger partial charge in [0.1, 0.15) is 0 Å². The lowest BCUT2D eigenvalue weighted by Crippen LogP contribution is -2.44. The van der Waals surface area contributed by atoms with Crippen molar-refractivity contribution in [1.29, 1.82) is 0 Å². The fraction of sp³-hybridized carbons (Fsp3) is 0.467. The molecule has 0 radical (unpaired) electrons. The maximum absolute atomic E-state index is 6.22. The molecular weight excluding hydrogens is 288 g/mol. The van der Waals surface area contributed by atoms with E-state index in [1.165, 1.54) is 11.3 Å². The molecule has 0 saturated heterocycles. The van der Waals surface area contributed by atoms with Crippen molar-refractivity contribution in [3.05, 3.63) is 41.5 Å². The lowest BCUT2D eigenvalue weighted by Gasteiger charge is -2.34. The van der Waals surface area contributed by atoms with Gasteiger partial charge in [0.25, 0.3) is 0 Å². The Kier molecular flexibility index (Phi) is 3.63. The zero-order valence-electron chi connectivity index (χ0n) is 11.8. The average Bonchev–Trinajstić information content (AvgIpc) is 3.05. The fourth-order valence-corrected chi connectivity index (χ4v) is 3.04. The molecule has 1 aliphatic heterocycles. The van der Waals surface area contributed by atoms with Gasteiger partial charge in [0.15, 0.2) is 5.82 Å². The van der Waals surface area contributed by atoms with Crippen LogP contribution in [0, 0.1) is 0 Å². The number of benzene rings is 1. The van der Waals surface area contributed by atoms with Crippen LogP contribution in [0.4, 0.5) is 5.69 Å². The molecule has 2 aliphatic rings. The predicted molar refractivity (Wildman–Crippen MR) is 82.5 cm³/mol. The highest BCUT2D eigenvalue weighted by Crippen LogP contribution is 2.37. The number of anilines is 1. The summed E-state index contributed by atoms with van der Waals surface area (Å²) in [4.78, 5) is 6.78. The van der Waals surface area contributed by atoms with Crippen molar-refractivity contribution >= 4 is 18.1 Å². The number of nitrogens with two attached hydrogens (primary N) is 1. The highest BCUT2D eigenvalue weighted by atomic mass is 35.5. The average molecular weight is 307 g/mol. The van der Waals surface area contributed by atoms with E-state index in [-0.39, 0.29) is 17.9 Å². The maximum atomic E-state index is 6.22. The van der Waals surface area contributed by atoms with E-state index in [2.05, 4.69) is 39.3 Å². The van der Waals surface area contributed by atoms with Crippen LogP contribution in [-0.2, 0) is 18.5 Å². The van der Waals surface area contributed by atoms with E-state index in [1.807, 2.05) is 0 Å². The Morgan fingerprint density at radius 3 is 2.86 bits per heavy atom. The summed E-state index contributed by atoms with van der Waals surface area (Å²) in [5, 5.41) is 4.07. The Balaban J connectivity index is 0.00000132. The summed E-state index contributed by atoms with van der Waals surface area (Å²) in [6, 6.07) is 8.48. The molecule has 2 heterocycles. The van der Waals surface area contributed by atoms with Crippen molar-refractivity contribution in [2.75, 3.05) is 11.4 Å². The lowest BCUT2D eigenvalue weighted by atomic mass is 9.77. The highest BCUT2D eigenvalue weighted by molar-refractivity contribution is 5.85. The van der Waals surface area contributed by atoms with E-state index in [9.17, 15) is 0 Å². The molecule has 1 saturated carbocycles. The first kappa shape index (κ1) is 14.4. The van der Waals surface area contributed by atoms with E-state index >= 15 is 0 Å². The molecule has 1 fully saturated rings. The molecule has 4 rings (SSSR count). The van der Waals surface area contributed by atoms with Gasteiger partial charge in [-0.1, -0.05) is 23.4 Å². The summed E-state index contributed by atoms with van der Waals surface area (Å²) < 4.78 is 5.38. The van der Waals surface area contributed by atoms with E-state index in [0.29, 0.717) is 18.3 Å². The summed E-state index contributed by atoms with van der Waals surface area (Å²) in [6.45, 7) is 1.67. The minimum absolute atomic E-state index is 0. The Labute approximate surface area is 129 Å². The molecule has 2 N–H and O–H groups in total. The van der Waals surface area contributed by atoms with Gasteiger partial charge in [0.2, 0.25) is 5.89 Å². The van der Waals surface area contributed by atoms with Crippen molar-refractivity contribution < 1.29 is 4.52 Å². The second kappa shape index (κ2) is 5.31.